The molecule has 1 N–H and O–H groups in total. The molecule has 4 fully saturated rings. The van der Waals surface area contributed by atoms with Gasteiger partial charge in [0.15, 0.2) is 5.82 Å². The van der Waals surface area contributed by atoms with E-state index >= 15 is 0 Å². The first-order valence-corrected chi connectivity index (χ1v) is 15.3. The van der Waals surface area contributed by atoms with Crippen LogP contribution in [-0.2, 0) is 15.6 Å². The second-order valence-electron chi connectivity index (χ2n) is 14.2. The number of ether oxygens (including phenoxy) is 1. The first kappa shape index (κ1) is 28.8. The maximum Gasteiger partial charge on any atom is 0.316 e. The summed E-state index contributed by atoms with van der Waals surface area (Å²) in [5.74, 6) is 1.48. The summed E-state index contributed by atoms with van der Waals surface area (Å²) in [4.78, 5) is 29.6. The molecule has 4 aliphatic carbocycles. The first-order valence-electron chi connectivity index (χ1n) is 15.3. The summed E-state index contributed by atoms with van der Waals surface area (Å²) >= 11 is 0. The van der Waals surface area contributed by atoms with Gasteiger partial charge in [0.25, 0.3) is 0 Å². The number of carbonyl (C=O) groups is 1. The standard InChI is InChI=1S/C33H43N5O4/c1-6-41-29-34-19-24(20-35-29)22-8-7-9-25(16-22)38(26(39)23-17-31(5,40)18-23)21-32-10-13-33(14-11-32,15-12-32)28-36-27(37-42-28)30(2,3)4/h7-9,16,19-20,23,40H,6,10-15,17-18,21H2,1-5H3. The summed E-state index contributed by atoms with van der Waals surface area (Å²) in [6.45, 7) is 11.2. The monoisotopic (exact) mass is 573 g/mol. The Morgan fingerprint density at radius 3 is 2.31 bits per heavy atom. The van der Waals surface area contributed by atoms with Crippen LogP contribution < -0.4 is 9.64 Å². The molecule has 2 heterocycles. The van der Waals surface area contributed by atoms with Gasteiger partial charge in [0.2, 0.25) is 11.8 Å². The number of hydrogen-bond acceptors (Lipinski definition) is 8. The second kappa shape index (κ2) is 10.4. The summed E-state index contributed by atoms with van der Waals surface area (Å²) in [5, 5.41) is 14.8. The molecule has 0 saturated heterocycles. The number of aliphatic hydroxyl groups is 1. The normalized spacial score (nSPS) is 28.8. The lowest BCUT2D eigenvalue weighted by Crippen LogP contribution is -2.54. The summed E-state index contributed by atoms with van der Waals surface area (Å²) < 4.78 is 11.3. The molecule has 0 radical (unpaired) electrons. The zero-order chi connectivity index (χ0) is 29.8. The molecule has 0 aliphatic heterocycles. The highest BCUT2D eigenvalue weighted by Gasteiger charge is 2.54. The molecule has 0 atom stereocenters. The van der Waals surface area contributed by atoms with E-state index in [4.69, 9.17) is 14.2 Å². The van der Waals surface area contributed by atoms with Crippen LogP contribution in [0.25, 0.3) is 11.1 Å². The molecule has 0 spiro atoms. The number of amides is 1. The molecule has 3 aromatic rings. The van der Waals surface area contributed by atoms with Crippen molar-refractivity contribution in [2.45, 2.75) is 102 Å². The molecule has 42 heavy (non-hydrogen) atoms. The van der Waals surface area contributed by atoms with Crippen LogP contribution in [0.2, 0.25) is 0 Å². The highest BCUT2D eigenvalue weighted by atomic mass is 16.5. The van der Waals surface area contributed by atoms with Gasteiger partial charge in [-0.05, 0) is 88.3 Å². The van der Waals surface area contributed by atoms with Crippen molar-refractivity contribution >= 4 is 11.6 Å². The van der Waals surface area contributed by atoms with E-state index < -0.39 is 5.60 Å². The molecule has 0 unspecified atom stereocenters. The number of anilines is 1. The smallest absolute Gasteiger partial charge is 0.316 e. The van der Waals surface area contributed by atoms with Crippen LogP contribution in [0.5, 0.6) is 6.01 Å². The number of benzene rings is 1. The number of rotatable bonds is 8. The van der Waals surface area contributed by atoms with Gasteiger partial charge in [0.05, 0.1) is 12.2 Å². The average molecular weight is 574 g/mol. The molecular formula is C33H43N5O4. The number of hydrogen-bond donors (Lipinski definition) is 1. The van der Waals surface area contributed by atoms with Gasteiger partial charge < -0.3 is 19.3 Å². The van der Waals surface area contributed by atoms with Gasteiger partial charge in [-0.25, -0.2) is 9.97 Å². The number of nitrogens with zero attached hydrogens (tertiary/aromatic N) is 5. The Kier molecular flexibility index (Phi) is 7.15. The van der Waals surface area contributed by atoms with Crippen LogP contribution in [0.3, 0.4) is 0 Å². The van der Waals surface area contributed by atoms with Gasteiger partial charge in [0, 0.05) is 46.9 Å². The van der Waals surface area contributed by atoms with Crippen molar-refractivity contribution in [1.29, 1.82) is 0 Å². The van der Waals surface area contributed by atoms with Crippen molar-refractivity contribution in [1.82, 2.24) is 20.1 Å². The fourth-order valence-corrected chi connectivity index (χ4v) is 7.12. The van der Waals surface area contributed by atoms with E-state index in [1.54, 1.807) is 12.4 Å². The maximum absolute atomic E-state index is 14.0. The molecule has 7 rings (SSSR count). The minimum Gasteiger partial charge on any atom is -0.464 e. The average Bonchev–Trinajstić information content (AvgIpc) is 3.48. The van der Waals surface area contributed by atoms with Crippen LogP contribution >= 0.6 is 0 Å². The predicted molar refractivity (Wildman–Crippen MR) is 159 cm³/mol. The Hall–Kier alpha value is -3.33. The van der Waals surface area contributed by atoms with Gasteiger partial charge in [-0.2, -0.15) is 4.98 Å². The quantitative estimate of drug-likeness (QED) is 0.349. The Bertz CT molecular complexity index is 1410. The third-order valence-electron chi connectivity index (χ3n) is 9.83. The fourth-order valence-electron chi connectivity index (χ4n) is 7.12. The zero-order valence-electron chi connectivity index (χ0n) is 25.5. The third-order valence-corrected chi connectivity index (χ3v) is 9.83. The van der Waals surface area contributed by atoms with Crippen LogP contribution in [0.15, 0.2) is 41.2 Å². The molecule has 4 aliphatic rings. The lowest BCUT2D eigenvalue weighted by molar-refractivity contribution is -0.137. The van der Waals surface area contributed by atoms with Crippen molar-refractivity contribution in [3.05, 3.63) is 48.4 Å². The molecular weight excluding hydrogens is 530 g/mol. The van der Waals surface area contributed by atoms with Crippen molar-refractivity contribution in [2.24, 2.45) is 11.3 Å². The summed E-state index contributed by atoms with van der Waals surface area (Å²) in [6.07, 6.45) is 10.5. The van der Waals surface area contributed by atoms with Gasteiger partial charge in [0.1, 0.15) is 0 Å². The predicted octanol–water partition coefficient (Wildman–Crippen LogP) is 6.01. The van der Waals surface area contributed by atoms with E-state index in [0.717, 1.165) is 67.1 Å². The molecule has 9 heteroatoms. The highest BCUT2D eigenvalue weighted by Crippen LogP contribution is 2.58. The molecule has 2 bridgehead atoms. The molecule has 9 nitrogen and oxygen atoms in total. The number of carbonyl (C=O) groups excluding carboxylic acids is 1. The van der Waals surface area contributed by atoms with Crippen molar-refractivity contribution in [3.8, 4) is 17.1 Å². The topological polar surface area (TPSA) is 114 Å². The first-order chi connectivity index (χ1) is 19.9. The van der Waals surface area contributed by atoms with E-state index in [2.05, 4.69) is 42.0 Å². The van der Waals surface area contributed by atoms with Crippen LogP contribution in [0.1, 0.15) is 97.7 Å². The molecule has 1 aromatic carbocycles. The van der Waals surface area contributed by atoms with Crippen molar-refractivity contribution < 1.29 is 19.2 Å². The van der Waals surface area contributed by atoms with Gasteiger partial charge in [-0.15, -0.1) is 0 Å². The highest BCUT2D eigenvalue weighted by molar-refractivity contribution is 5.96. The summed E-state index contributed by atoms with van der Waals surface area (Å²) in [6, 6.07) is 8.44. The number of aromatic nitrogens is 4. The number of fused-ring (bicyclic) bond motifs is 3. The maximum atomic E-state index is 14.0. The molecule has 4 saturated carbocycles. The minimum absolute atomic E-state index is 0.0365. The molecule has 2 aromatic heterocycles. The van der Waals surface area contributed by atoms with E-state index in [1.807, 2.05) is 36.9 Å². The van der Waals surface area contributed by atoms with E-state index in [9.17, 15) is 9.90 Å². The van der Waals surface area contributed by atoms with Gasteiger partial charge in [-0.3, -0.25) is 4.79 Å². The second-order valence-corrected chi connectivity index (χ2v) is 14.2. The Balaban J connectivity index is 1.25. The molecule has 224 valence electrons. The minimum atomic E-state index is -0.767. The Morgan fingerprint density at radius 1 is 1.07 bits per heavy atom. The summed E-state index contributed by atoms with van der Waals surface area (Å²) in [5.41, 5.74) is 1.75. The fraction of sp³-hybridized carbons (Fsp3) is 0.606. The van der Waals surface area contributed by atoms with Crippen molar-refractivity contribution in [2.75, 3.05) is 18.1 Å². The van der Waals surface area contributed by atoms with E-state index in [0.29, 0.717) is 32.0 Å². The van der Waals surface area contributed by atoms with E-state index in [-0.39, 0.29) is 28.1 Å². The Labute approximate surface area is 248 Å². The van der Waals surface area contributed by atoms with Crippen LogP contribution in [0.4, 0.5) is 5.69 Å². The lowest BCUT2D eigenvalue weighted by Gasteiger charge is -2.53. The SMILES string of the molecule is CCOc1ncc(-c2cccc(N(CC34CCC(c5nc(C(C)(C)C)no5)(CC3)CC4)C(=O)C3CC(C)(O)C3)c2)cn1. The van der Waals surface area contributed by atoms with Crippen LogP contribution in [-0.4, -0.2) is 49.9 Å². The van der Waals surface area contributed by atoms with Gasteiger partial charge in [-0.1, -0.05) is 38.1 Å². The summed E-state index contributed by atoms with van der Waals surface area (Å²) in [7, 11) is 0. The molecule has 1 amide bonds. The zero-order valence-corrected chi connectivity index (χ0v) is 25.5. The lowest BCUT2D eigenvalue weighted by atomic mass is 9.53. The largest absolute Gasteiger partial charge is 0.464 e. The third kappa shape index (κ3) is 5.43. The van der Waals surface area contributed by atoms with Crippen molar-refractivity contribution in [3.63, 3.8) is 0 Å². The van der Waals surface area contributed by atoms with E-state index in [1.165, 1.54) is 0 Å². The van der Waals surface area contributed by atoms with Gasteiger partial charge >= 0.3 is 6.01 Å². The van der Waals surface area contributed by atoms with Crippen LogP contribution in [0, 0.1) is 11.3 Å². The Morgan fingerprint density at radius 2 is 1.74 bits per heavy atom.